The van der Waals surface area contributed by atoms with E-state index in [0.29, 0.717) is 12.6 Å². The number of methoxy groups -OCH3 is 1. The first-order valence-corrected chi connectivity index (χ1v) is 10.3. The number of aryl methyl sites for hydroxylation is 1. The number of para-hydroxylation sites is 1. The third kappa shape index (κ3) is 6.52. The molecule has 3 aromatic rings. The SMILES string of the molecule is COc1cccc(CN[C@H](C)CCc2ccccc2)c1OCc1ccc(Cl)cc1. The summed E-state index contributed by atoms with van der Waals surface area (Å²) >= 11 is 5.97. The van der Waals surface area contributed by atoms with E-state index in [0.717, 1.165) is 47.0 Å². The second kappa shape index (κ2) is 10.9. The molecule has 0 radical (unpaired) electrons. The lowest BCUT2D eigenvalue weighted by Crippen LogP contribution is -2.26. The van der Waals surface area contributed by atoms with E-state index in [9.17, 15) is 0 Å². The van der Waals surface area contributed by atoms with E-state index in [1.807, 2.05) is 36.4 Å². The van der Waals surface area contributed by atoms with Gasteiger partial charge in [0.25, 0.3) is 0 Å². The van der Waals surface area contributed by atoms with Gasteiger partial charge in [0.15, 0.2) is 11.5 Å². The third-order valence-corrected chi connectivity index (χ3v) is 5.18. The second-order valence-electron chi connectivity index (χ2n) is 7.17. The van der Waals surface area contributed by atoms with Crippen LogP contribution in [0.5, 0.6) is 11.5 Å². The van der Waals surface area contributed by atoms with Gasteiger partial charge in [0, 0.05) is 23.2 Å². The normalized spacial score (nSPS) is 11.8. The predicted molar refractivity (Wildman–Crippen MR) is 120 cm³/mol. The smallest absolute Gasteiger partial charge is 0.166 e. The molecule has 0 saturated heterocycles. The van der Waals surface area contributed by atoms with Gasteiger partial charge in [0.1, 0.15) is 6.61 Å². The Kier molecular flexibility index (Phi) is 7.97. The minimum Gasteiger partial charge on any atom is -0.493 e. The first-order chi connectivity index (χ1) is 14.2. The van der Waals surface area contributed by atoms with E-state index in [-0.39, 0.29) is 0 Å². The zero-order chi connectivity index (χ0) is 20.5. The van der Waals surface area contributed by atoms with Crippen molar-refractivity contribution in [3.8, 4) is 11.5 Å². The van der Waals surface area contributed by atoms with Crippen LogP contribution in [0.1, 0.15) is 30.0 Å². The van der Waals surface area contributed by atoms with Crippen molar-refractivity contribution in [1.82, 2.24) is 5.32 Å². The summed E-state index contributed by atoms with van der Waals surface area (Å²) in [5.74, 6) is 1.53. The molecule has 0 bridgehead atoms. The number of benzene rings is 3. The van der Waals surface area contributed by atoms with Gasteiger partial charge < -0.3 is 14.8 Å². The molecular weight excluding hydrogens is 382 g/mol. The zero-order valence-electron chi connectivity index (χ0n) is 17.0. The summed E-state index contributed by atoms with van der Waals surface area (Å²) < 4.78 is 11.7. The van der Waals surface area contributed by atoms with Crippen LogP contribution in [-0.4, -0.2) is 13.2 Å². The van der Waals surface area contributed by atoms with Gasteiger partial charge in [0.05, 0.1) is 7.11 Å². The van der Waals surface area contributed by atoms with E-state index in [2.05, 4.69) is 48.6 Å². The summed E-state index contributed by atoms with van der Waals surface area (Å²) in [4.78, 5) is 0. The summed E-state index contributed by atoms with van der Waals surface area (Å²) in [5, 5.41) is 4.34. The van der Waals surface area contributed by atoms with E-state index < -0.39 is 0 Å². The lowest BCUT2D eigenvalue weighted by Gasteiger charge is -2.18. The van der Waals surface area contributed by atoms with Crippen molar-refractivity contribution in [2.24, 2.45) is 0 Å². The Bertz CT molecular complexity index is 881. The van der Waals surface area contributed by atoms with Gasteiger partial charge in [-0.05, 0) is 49.1 Å². The molecule has 4 heteroatoms. The molecule has 0 aliphatic carbocycles. The molecule has 0 amide bonds. The first kappa shape index (κ1) is 21.2. The van der Waals surface area contributed by atoms with Gasteiger partial charge in [-0.15, -0.1) is 0 Å². The highest BCUT2D eigenvalue weighted by Gasteiger charge is 2.12. The summed E-state index contributed by atoms with van der Waals surface area (Å²) in [7, 11) is 1.67. The van der Waals surface area contributed by atoms with Crippen molar-refractivity contribution in [3.63, 3.8) is 0 Å². The molecule has 0 aromatic heterocycles. The topological polar surface area (TPSA) is 30.5 Å². The van der Waals surface area contributed by atoms with Crippen LogP contribution in [0, 0.1) is 0 Å². The Morgan fingerprint density at radius 3 is 2.38 bits per heavy atom. The van der Waals surface area contributed by atoms with E-state index in [1.54, 1.807) is 7.11 Å². The van der Waals surface area contributed by atoms with Crippen LogP contribution in [0.25, 0.3) is 0 Å². The Balaban J connectivity index is 1.60. The highest BCUT2D eigenvalue weighted by Crippen LogP contribution is 2.32. The van der Waals surface area contributed by atoms with Crippen molar-refractivity contribution in [2.45, 2.75) is 39.0 Å². The molecule has 0 spiro atoms. The molecule has 152 valence electrons. The summed E-state index contributed by atoms with van der Waals surface area (Å²) in [6, 6.07) is 24.7. The van der Waals surface area contributed by atoms with Crippen molar-refractivity contribution in [2.75, 3.05) is 7.11 Å². The van der Waals surface area contributed by atoms with Crippen molar-refractivity contribution in [1.29, 1.82) is 0 Å². The van der Waals surface area contributed by atoms with Gasteiger partial charge in [-0.2, -0.15) is 0 Å². The van der Waals surface area contributed by atoms with Crippen LogP contribution in [0.4, 0.5) is 0 Å². The zero-order valence-corrected chi connectivity index (χ0v) is 17.8. The molecule has 0 fully saturated rings. The summed E-state index contributed by atoms with van der Waals surface area (Å²) in [6.45, 7) is 3.41. The quantitative estimate of drug-likeness (QED) is 0.443. The fourth-order valence-corrected chi connectivity index (χ4v) is 3.30. The van der Waals surface area contributed by atoms with Gasteiger partial charge in [0.2, 0.25) is 0 Å². The molecule has 0 heterocycles. The van der Waals surface area contributed by atoms with Gasteiger partial charge in [-0.1, -0.05) is 66.2 Å². The fraction of sp³-hybridized carbons (Fsp3) is 0.280. The standard InChI is InChI=1S/C25H28ClNO2/c1-19(11-12-20-7-4-3-5-8-20)27-17-22-9-6-10-24(28-2)25(22)29-18-21-13-15-23(26)16-14-21/h3-10,13-16,19,27H,11-12,17-18H2,1-2H3/t19-/m1/s1. The largest absolute Gasteiger partial charge is 0.493 e. The Morgan fingerprint density at radius 2 is 1.66 bits per heavy atom. The molecule has 3 nitrogen and oxygen atoms in total. The Morgan fingerprint density at radius 1 is 0.897 bits per heavy atom. The van der Waals surface area contributed by atoms with Crippen molar-refractivity contribution in [3.05, 3.63) is 94.5 Å². The number of nitrogens with one attached hydrogen (secondary N) is 1. The number of halogens is 1. The second-order valence-corrected chi connectivity index (χ2v) is 7.61. The van der Waals surface area contributed by atoms with Gasteiger partial charge in [-0.3, -0.25) is 0 Å². The van der Waals surface area contributed by atoms with Crippen LogP contribution >= 0.6 is 11.6 Å². The monoisotopic (exact) mass is 409 g/mol. The fourth-order valence-electron chi connectivity index (χ4n) is 3.18. The third-order valence-electron chi connectivity index (χ3n) is 4.93. The van der Waals surface area contributed by atoms with E-state index >= 15 is 0 Å². The molecule has 29 heavy (non-hydrogen) atoms. The number of hydrogen-bond donors (Lipinski definition) is 1. The van der Waals surface area contributed by atoms with Crippen LogP contribution in [0.3, 0.4) is 0 Å². The van der Waals surface area contributed by atoms with E-state index in [4.69, 9.17) is 21.1 Å². The van der Waals surface area contributed by atoms with Crippen LogP contribution in [0.15, 0.2) is 72.8 Å². The van der Waals surface area contributed by atoms with Crippen molar-refractivity contribution < 1.29 is 9.47 Å². The van der Waals surface area contributed by atoms with Gasteiger partial charge in [-0.25, -0.2) is 0 Å². The van der Waals surface area contributed by atoms with Crippen molar-refractivity contribution >= 4 is 11.6 Å². The number of ether oxygens (including phenoxy) is 2. The molecular formula is C25H28ClNO2. The van der Waals surface area contributed by atoms with Crippen LogP contribution in [-0.2, 0) is 19.6 Å². The molecule has 3 aromatic carbocycles. The maximum absolute atomic E-state index is 6.14. The lowest BCUT2D eigenvalue weighted by molar-refractivity contribution is 0.280. The maximum atomic E-state index is 6.14. The highest BCUT2D eigenvalue weighted by atomic mass is 35.5. The number of hydrogen-bond acceptors (Lipinski definition) is 3. The number of rotatable bonds is 10. The average molecular weight is 410 g/mol. The van der Waals surface area contributed by atoms with Gasteiger partial charge >= 0.3 is 0 Å². The first-order valence-electron chi connectivity index (χ1n) is 9.96. The Labute approximate surface area is 178 Å². The van der Waals surface area contributed by atoms with Crippen LogP contribution < -0.4 is 14.8 Å². The molecule has 1 N–H and O–H groups in total. The van der Waals surface area contributed by atoms with Crippen LogP contribution in [0.2, 0.25) is 5.02 Å². The average Bonchev–Trinajstić information content (AvgIpc) is 2.76. The van der Waals surface area contributed by atoms with E-state index in [1.165, 1.54) is 5.56 Å². The summed E-state index contributed by atoms with van der Waals surface area (Å²) in [6.07, 6.45) is 2.14. The highest BCUT2D eigenvalue weighted by molar-refractivity contribution is 6.30. The minimum atomic E-state index is 0.394. The minimum absolute atomic E-state index is 0.394. The Hall–Kier alpha value is -2.49. The predicted octanol–water partition coefficient (Wildman–Crippen LogP) is 6.04. The maximum Gasteiger partial charge on any atom is 0.166 e. The molecule has 0 aliphatic rings. The lowest BCUT2D eigenvalue weighted by atomic mass is 10.1. The molecule has 1 atom stereocenters. The summed E-state index contributed by atoms with van der Waals surface area (Å²) in [5.41, 5.74) is 3.52. The molecule has 0 aliphatic heterocycles. The molecule has 0 saturated carbocycles. The molecule has 0 unspecified atom stereocenters. The molecule has 3 rings (SSSR count).